The molecule has 3 aromatic carbocycles. The minimum atomic E-state index is -1.42. The summed E-state index contributed by atoms with van der Waals surface area (Å²) in [6.45, 7) is 11.0. The summed E-state index contributed by atoms with van der Waals surface area (Å²) in [5, 5.41) is 8.20. The van der Waals surface area contributed by atoms with Crippen LogP contribution in [0.2, 0.25) is 0 Å². The van der Waals surface area contributed by atoms with Crippen LogP contribution in [0.4, 0.5) is 10.6 Å². The summed E-state index contributed by atoms with van der Waals surface area (Å²) in [6, 6.07) is 27.6. The Bertz CT molecular complexity index is 1800. The van der Waals surface area contributed by atoms with Crippen LogP contribution >= 0.6 is 0 Å². The molecule has 1 aromatic heterocycles. The van der Waals surface area contributed by atoms with E-state index in [1.165, 1.54) is 13.8 Å². The quantitative estimate of drug-likeness (QED) is 0.0729. The lowest BCUT2D eigenvalue weighted by molar-refractivity contribution is -0.145. The van der Waals surface area contributed by atoms with Gasteiger partial charge in [0.05, 0.1) is 25.7 Å². The van der Waals surface area contributed by atoms with Gasteiger partial charge in [0.1, 0.15) is 23.0 Å². The lowest BCUT2D eigenvalue weighted by atomic mass is 9.93. The van der Waals surface area contributed by atoms with Crippen LogP contribution in [0.5, 0.6) is 0 Å². The fraction of sp³-hybridized carbons (Fsp3) is 0.405. The molecule has 4 rings (SSSR count). The third-order valence-corrected chi connectivity index (χ3v) is 8.37. The van der Waals surface area contributed by atoms with E-state index in [1.54, 1.807) is 33.9 Å². The Morgan fingerprint density at radius 2 is 1.46 bits per heavy atom. The van der Waals surface area contributed by atoms with Crippen molar-refractivity contribution in [3.63, 3.8) is 0 Å². The van der Waals surface area contributed by atoms with E-state index in [9.17, 15) is 19.2 Å². The summed E-state index contributed by atoms with van der Waals surface area (Å²) in [5.41, 5.74) is 0.498. The number of amides is 3. The molecule has 0 saturated heterocycles. The van der Waals surface area contributed by atoms with Gasteiger partial charge in [-0.15, -0.1) is 0 Å². The Morgan fingerprint density at radius 1 is 0.833 bits per heavy atom. The first kappa shape index (κ1) is 41.3. The molecule has 0 spiro atoms. The van der Waals surface area contributed by atoms with E-state index in [4.69, 9.17) is 19.2 Å². The van der Waals surface area contributed by atoms with E-state index in [1.807, 2.05) is 95.6 Å². The number of aryl methyl sites for hydroxylation is 1. The molecule has 1 heterocycles. The maximum absolute atomic E-state index is 13.9. The van der Waals surface area contributed by atoms with Crippen molar-refractivity contribution in [3.8, 4) is 11.4 Å². The van der Waals surface area contributed by atoms with Gasteiger partial charge in [-0.2, -0.15) is 0 Å². The van der Waals surface area contributed by atoms with Crippen LogP contribution in [0.25, 0.3) is 11.4 Å². The van der Waals surface area contributed by atoms with E-state index in [2.05, 4.69) is 16.0 Å². The number of nitrogens with zero attached hydrogens (tertiary/aromatic N) is 2. The molecule has 0 aliphatic carbocycles. The van der Waals surface area contributed by atoms with Crippen LogP contribution < -0.4 is 16.0 Å². The Kier molecular flexibility index (Phi) is 14.9. The van der Waals surface area contributed by atoms with Gasteiger partial charge in [0.2, 0.25) is 5.91 Å². The fourth-order valence-electron chi connectivity index (χ4n) is 5.66. The van der Waals surface area contributed by atoms with Crippen LogP contribution in [0.15, 0.2) is 97.2 Å². The number of unbranched alkanes of at least 4 members (excludes halogenated alkanes) is 1. The molecule has 1 unspecified atom stereocenters. The second kappa shape index (κ2) is 19.5. The lowest BCUT2D eigenvalue weighted by Crippen LogP contribution is -2.59. The second-order valence-corrected chi connectivity index (χ2v) is 14.5. The zero-order valence-corrected chi connectivity index (χ0v) is 32.1. The smallest absolute Gasteiger partial charge is 0.408 e. The molecule has 54 heavy (non-hydrogen) atoms. The number of aromatic nitrogens is 2. The zero-order chi connectivity index (χ0) is 39.1. The minimum absolute atomic E-state index is 0.149. The molecule has 0 aliphatic rings. The minimum Gasteiger partial charge on any atom is -0.466 e. The molecule has 0 fully saturated rings. The van der Waals surface area contributed by atoms with Crippen LogP contribution in [0, 0.1) is 0 Å². The van der Waals surface area contributed by atoms with Crippen molar-refractivity contribution in [2.75, 3.05) is 18.5 Å². The number of imidazole rings is 1. The topological polar surface area (TPSA) is 150 Å². The fourth-order valence-corrected chi connectivity index (χ4v) is 5.66. The van der Waals surface area contributed by atoms with Crippen LogP contribution in [0.3, 0.4) is 0 Å². The number of carbonyl (C=O) groups excluding carboxylic acids is 4. The molecule has 0 radical (unpaired) electrons. The van der Waals surface area contributed by atoms with Crippen molar-refractivity contribution in [1.82, 2.24) is 20.2 Å². The third-order valence-electron chi connectivity index (χ3n) is 8.37. The van der Waals surface area contributed by atoms with Crippen LogP contribution in [-0.4, -0.2) is 63.8 Å². The number of alkyl carbamates (subject to hydrolysis) is 1. The third kappa shape index (κ3) is 12.9. The molecule has 12 heteroatoms. The van der Waals surface area contributed by atoms with E-state index < -0.39 is 35.1 Å². The summed E-state index contributed by atoms with van der Waals surface area (Å²) >= 11 is 0. The first-order chi connectivity index (χ1) is 25.8. The molecule has 0 bridgehead atoms. The second-order valence-electron chi connectivity index (χ2n) is 14.5. The highest BCUT2D eigenvalue weighted by atomic mass is 16.6. The predicted octanol–water partition coefficient (Wildman–Crippen LogP) is 7.01. The first-order valence-electron chi connectivity index (χ1n) is 18.3. The summed E-state index contributed by atoms with van der Waals surface area (Å²) < 4.78 is 18.6. The first-order valence-corrected chi connectivity index (χ1v) is 18.3. The number of esters is 1. The number of anilines is 1. The number of carbonyl (C=O) groups is 4. The van der Waals surface area contributed by atoms with Gasteiger partial charge in [-0.25, -0.2) is 9.78 Å². The maximum atomic E-state index is 13.9. The molecule has 0 aliphatic heterocycles. The van der Waals surface area contributed by atoms with Gasteiger partial charge < -0.3 is 34.7 Å². The van der Waals surface area contributed by atoms with Gasteiger partial charge in [-0.1, -0.05) is 97.4 Å². The summed E-state index contributed by atoms with van der Waals surface area (Å²) in [7, 11) is 0. The van der Waals surface area contributed by atoms with E-state index in [-0.39, 0.29) is 25.1 Å². The van der Waals surface area contributed by atoms with Crippen LogP contribution in [0.1, 0.15) is 77.8 Å². The number of hydrogen-bond acceptors (Lipinski definition) is 8. The van der Waals surface area contributed by atoms with Crippen molar-refractivity contribution in [1.29, 1.82) is 0 Å². The molecule has 3 N–H and O–H groups in total. The molecule has 12 nitrogen and oxygen atoms in total. The standard InChI is InChI=1S/C42H53N5O7/c1-7-53-38(49)33(31-21-13-9-14-22-31)25-17-18-26-47-27-35(44-36(47)32-23-15-10-16-24-32)45-37(48)34(29-52-28-30-19-11-8-12-20-30)43-39(50)42(5,6)46-40(51)54-41(2,3)4/h8-16,19-24,27,33-34H,7,17-18,25-26,28-29H2,1-6H3,(H,43,50)(H,45,48)(H,46,51)/t33?,34-/m1/s1. The van der Waals surface area contributed by atoms with E-state index in [0.717, 1.165) is 29.5 Å². The number of rotatable bonds is 18. The Morgan fingerprint density at radius 3 is 2.09 bits per heavy atom. The number of nitrogens with one attached hydrogen (secondary N) is 3. The van der Waals surface area contributed by atoms with E-state index in [0.29, 0.717) is 31.2 Å². The average molecular weight is 740 g/mol. The normalized spacial score (nSPS) is 12.6. The van der Waals surface area contributed by atoms with Crippen molar-refractivity contribution in [2.45, 2.75) is 97.1 Å². The molecule has 3 amide bonds. The highest BCUT2D eigenvalue weighted by molar-refractivity contribution is 5.99. The van der Waals surface area contributed by atoms with Gasteiger partial charge in [0.15, 0.2) is 5.82 Å². The molecule has 4 aromatic rings. The monoisotopic (exact) mass is 739 g/mol. The van der Waals surface area contributed by atoms with Crippen molar-refractivity contribution >= 4 is 29.7 Å². The summed E-state index contributed by atoms with van der Waals surface area (Å²) in [4.78, 5) is 57.5. The largest absolute Gasteiger partial charge is 0.466 e. The Hall–Kier alpha value is -5.49. The van der Waals surface area contributed by atoms with Crippen molar-refractivity contribution < 1.29 is 33.4 Å². The number of benzene rings is 3. The molecule has 0 saturated carbocycles. The van der Waals surface area contributed by atoms with Crippen molar-refractivity contribution in [3.05, 3.63) is 108 Å². The van der Waals surface area contributed by atoms with Gasteiger partial charge in [-0.05, 0) is 65.5 Å². The summed E-state index contributed by atoms with van der Waals surface area (Å²) in [5.74, 6) is -0.809. The summed E-state index contributed by atoms with van der Waals surface area (Å²) in [6.07, 6.45) is 3.09. The van der Waals surface area contributed by atoms with E-state index >= 15 is 0 Å². The predicted molar refractivity (Wildman–Crippen MR) is 207 cm³/mol. The number of hydrogen-bond donors (Lipinski definition) is 3. The van der Waals surface area contributed by atoms with Gasteiger partial charge in [0.25, 0.3) is 5.91 Å². The van der Waals surface area contributed by atoms with Crippen molar-refractivity contribution in [2.24, 2.45) is 0 Å². The molecule has 288 valence electrons. The highest BCUT2D eigenvalue weighted by Gasteiger charge is 2.35. The van der Waals surface area contributed by atoms with Gasteiger partial charge in [-0.3, -0.25) is 14.4 Å². The Balaban J connectivity index is 1.49. The lowest BCUT2D eigenvalue weighted by Gasteiger charge is -2.29. The molecular formula is C42H53N5O7. The zero-order valence-electron chi connectivity index (χ0n) is 32.1. The SMILES string of the molecule is CCOC(=O)C(CCCCn1cc(NC(=O)[C@@H](COCc2ccccc2)NC(=O)C(C)(C)NC(=O)OC(C)(C)C)nc1-c1ccccc1)c1ccccc1. The Labute approximate surface area is 318 Å². The van der Waals surface area contributed by atoms with Gasteiger partial charge >= 0.3 is 12.1 Å². The molecule has 2 atom stereocenters. The number of ether oxygens (including phenoxy) is 3. The van der Waals surface area contributed by atoms with Gasteiger partial charge in [0, 0.05) is 18.3 Å². The maximum Gasteiger partial charge on any atom is 0.408 e. The average Bonchev–Trinajstić information content (AvgIpc) is 3.53. The van der Waals surface area contributed by atoms with Crippen LogP contribution in [-0.2, 0) is 41.7 Å². The molecular weight excluding hydrogens is 686 g/mol. The highest BCUT2D eigenvalue weighted by Crippen LogP contribution is 2.26.